The van der Waals surface area contributed by atoms with Gasteiger partial charge in [0.25, 0.3) is 0 Å². The Labute approximate surface area is 103 Å². The molecule has 2 N–H and O–H groups in total. The molecule has 84 valence electrons. The van der Waals surface area contributed by atoms with Crippen LogP contribution in [-0.4, -0.2) is 9.55 Å². The van der Waals surface area contributed by atoms with E-state index in [0.717, 1.165) is 16.0 Å². The second-order valence-corrected chi connectivity index (χ2v) is 4.70. The van der Waals surface area contributed by atoms with Crippen LogP contribution in [0.1, 0.15) is 11.4 Å². The van der Waals surface area contributed by atoms with Crippen molar-refractivity contribution in [3.05, 3.63) is 40.3 Å². The summed E-state index contributed by atoms with van der Waals surface area (Å²) < 4.78 is 3.11. The van der Waals surface area contributed by atoms with Gasteiger partial charge in [0.2, 0.25) is 0 Å². The van der Waals surface area contributed by atoms with E-state index in [1.165, 1.54) is 11.1 Å². The van der Waals surface area contributed by atoms with Crippen LogP contribution < -0.4 is 5.73 Å². The maximum absolute atomic E-state index is 5.62. The van der Waals surface area contributed by atoms with Crippen molar-refractivity contribution < 1.29 is 0 Å². The number of halogens is 1. The van der Waals surface area contributed by atoms with Gasteiger partial charge in [0, 0.05) is 17.1 Å². The lowest BCUT2D eigenvalue weighted by atomic mass is 10.1. The molecule has 1 aromatic carbocycles. The lowest BCUT2D eigenvalue weighted by Gasteiger charge is -2.08. The van der Waals surface area contributed by atoms with E-state index >= 15 is 0 Å². The first kappa shape index (κ1) is 11.4. The van der Waals surface area contributed by atoms with Crippen LogP contribution in [0.5, 0.6) is 0 Å². The van der Waals surface area contributed by atoms with Gasteiger partial charge in [-0.25, -0.2) is 4.98 Å². The van der Waals surface area contributed by atoms with Crippen LogP contribution in [0.25, 0.3) is 11.3 Å². The van der Waals surface area contributed by atoms with Crippen molar-refractivity contribution in [3.63, 3.8) is 0 Å². The molecule has 0 saturated carbocycles. The second-order valence-electron chi connectivity index (χ2n) is 3.78. The molecule has 0 radical (unpaired) electrons. The van der Waals surface area contributed by atoms with Gasteiger partial charge in [-0.3, -0.25) is 0 Å². The van der Waals surface area contributed by atoms with Crippen LogP contribution in [0, 0.1) is 6.92 Å². The quantitative estimate of drug-likeness (QED) is 0.919. The summed E-state index contributed by atoms with van der Waals surface area (Å²) in [4.78, 5) is 4.30. The van der Waals surface area contributed by atoms with Crippen LogP contribution in [0.2, 0.25) is 0 Å². The average molecular weight is 280 g/mol. The molecule has 2 aromatic rings. The molecule has 0 aliphatic heterocycles. The van der Waals surface area contributed by atoms with Crippen LogP contribution in [0.15, 0.2) is 28.9 Å². The summed E-state index contributed by atoms with van der Waals surface area (Å²) in [5, 5.41) is 0. The summed E-state index contributed by atoms with van der Waals surface area (Å²) in [6, 6.07) is 6.24. The topological polar surface area (TPSA) is 43.8 Å². The Morgan fingerprint density at radius 1 is 1.44 bits per heavy atom. The van der Waals surface area contributed by atoms with Crippen molar-refractivity contribution in [1.29, 1.82) is 0 Å². The Bertz CT molecular complexity index is 517. The van der Waals surface area contributed by atoms with Gasteiger partial charge in [-0.1, -0.05) is 22.0 Å². The number of hydrogen-bond acceptors (Lipinski definition) is 2. The first-order chi connectivity index (χ1) is 7.63. The fourth-order valence-electron chi connectivity index (χ4n) is 1.76. The van der Waals surface area contributed by atoms with E-state index < -0.39 is 0 Å². The van der Waals surface area contributed by atoms with Crippen LogP contribution >= 0.6 is 15.9 Å². The van der Waals surface area contributed by atoms with Gasteiger partial charge < -0.3 is 10.3 Å². The number of aryl methyl sites for hydroxylation is 1. The van der Waals surface area contributed by atoms with Gasteiger partial charge >= 0.3 is 0 Å². The zero-order valence-corrected chi connectivity index (χ0v) is 11.0. The van der Waals surface area contributed by atoms with E-state index in [0.29, 0.717) is 6.54 Å². The summed E-state index contributed by atoms with van der Waals surface area (Å²) in [7, 11) is 1.99. The predicted molar refractivity (Wildman–Crippen MR) is 69.0 cm³/mol. The Morgan fingerprint density at radius 3 is 2.81 bits per heavy atom. The van der Waals surface area contributed by atoms with E-state index in [1.54, 1.807) is 0 Å². The Kier molecular flexibility index (Phi) is 3.12. The van der Waals surface area contributed by atoms with E-state index in [2.05, 4.69) is 40.0 Å². The minimum atomic E-state index is 0.462. The Balaban J connectivity index is 2.58. The number of nitrogens with two attached hydrogens (primary N) is 1. The molecule has 3 nitrogen and oxygen atoms in total. The molecule has 0 aliphatic carbocycles. The highest BCUT2D eigenvalue weighted by Gasteiger charge is 2.09. The lowest BCUT2D eigenvalue weighted by Crippen LogP contribution is -2.05. The third kappa shape index (κ3) is 1.90. The summed E-state index contributed by atoms with van der Waals surface area (Å²) in [5.41, 5.74) is 9.13. The molecular formula is C12H14BrN3. The van der Waals surface area contributed by atoms with E-state index in [-0.39, 0.29) is 0 Å². The maximum Gasteiger partial charge on any atom is 0.122 e. The fraction of sp³-hybridized carbons (Fsp3) is 0.250. The second kappa shape index (κ2) is 4.39. The number of nitrogens with zero attached hydrogens (tertiary/aromatic N) is 2. The van der Waals surface area contributed by atoms with Crippen molar-refractivity contribution in [2.75, 3.05) is 0 Å². The van der Waals surface area contributed by atoms with Crippen LogP contribution in [-0.2, 0) is 13.6 Å². The van der Waals surface area contributed by atoms with Crippen LogP contribution in [0.4, 0.5) is 0 Å². The predicted octanol–water partition coefficient (Wildman–Crippen LogP) is 2.62. The van der Waals surface area contributed by atoms with E-state index in [9.17, 15) is 0 Å². The number of imidazole rings is 1. The average Bonchev–Trinajstić information content (AvgIpc) is 2.63. The summed E-state index contributed by atoms with van der Waals surface area (Å²) in [6.45, 7) is 2.56. The van der Waals surface area contributed by atoms with Crippen molar-refractivity contribution in [3.8, 4) is 11.3 Å². The first-order valence-corrected chi connectivity index (χ1v) is 5.90. The largest absolute Gasteiger partial charge is 0.330 e. The molecule has 0 aliphatic rings. The highest BCUT2D eigenvalue weighted by Crippen LogP contribution is 2.26. The smallest absolute Gasteiger partial charge is 0.122 e. The monoisotopic (exact) mass is 279 g/mol. The molecular weight excluding hydrogens is 266 g/mol. The summed E-state index contributed by atoms with van der Waals surface area (Å²) >= 11 is 3.49. The SMILES string of the molecule is Cc1ccc(Br)cc1-c1cnc(CN)n1C. The molecule has 0 atom stereocenters. The highest BCUT2D eigenvalue weighted by molar-refractivity contribution is 9.10. The van der Waals surface area contributed by atoms with Crippen molar-refractivity contribution in [1.82, 2.24) is 9.55 Å². The van der Waals surface area contributed by atoms with Gasteiger partial charge in [-0.05, 0) is 24.6 Å². The standard InChI is InChI=1S/C12H14BrN3/c1-8-3-4-9(13)5-10(8)11-7-15-12(6-14)16(11)2/h3-5,7H,6,14H2,1-2H3. The van der Waals surface area contributed by atoms with Gasteiger partial charge in [0.1, 0.15) is 5.82 Å². The van der Waals surface area contributed by atoms with Crippen LogP contribution in [0.3, 0.4) is 0 Å². The number of hydrogen-bond donors (Lipinski definition) is 1. The van der Waals surface area contributed by atoms with Gasteiger partial charge in [-0.15, -0.1) is 0 Å². The third-order valence-corrected chi connectivity index (χ3v) is 3.24. The Morgan fingerprint density at radius 2 is 2.19 bits per heavy atom. The zero-order chi connectivity index (χ0) is 11.7. The van der Waals surface area contributed by atoms with Crippen molar-refractivity contribution >= 4 is 15.9 Å². The first-order valence-electron chi connectivity index (χ1n) is 5.10. The lowest BCUT2D eigenvalue weighted by molar-refractivity contribution is 0.798. The molecule has 0 unspecified atom stereocenters. The summed E-state index contributed by atoms with van der Waals surface area (Å²) in [5.74, 6) is 0.898. The number of benzene rings is 1. The number of aromatic nitrogens is 2. The van der Waals surface area contributed by atoms with Gasteiger partial charge in [-0.2, -0.15) is 0 Å². The molecule has 2 rings (SSSR count). The zero-order valence-electron chi connectivity index (χ0n) is 9.37. The fourth-order valence-corrected chi connectivity index (χ4v) is 2.12. The third-order valence-electron chi connectivity index (χ3n) is 2.74. The molecule has 0 fully saturated rings. The minimum Gasteiger partial charge on any atom is -0.330 e. The molecule has 4 heteroatoms. The number of rotatable bonds is 2. The molecule has 0 saturated heterocycles. The highest BCUT2D eigenvalue weighted by atomic mass is 79.9. The molecule has 1 heterocycles. The molecule has 0 bridgehead atoms. The minimum absolute atomic E-state index is 0.462. The maximum atomic E-state index is 5.62. The molecule has 16 heavy (non-hydrogen) atoms. The van der Waals surface area contributed by atoms with E-state index in [4.69, 9.17) is 5.73 Å². The van der Waals surface area contributed by atoms with E-state index in [1.807, 2.05) is 23.9 Å². The normalized spacial score (nSPS) is 10.8. The molecule has 0 amide bonds. The van der Waals surface area contributed by atoms with Gasteiger partial charge in [0.05, 0.1) is 18.4 Å². The van der Waals surface area contributed by atoms with Gasteiger partial charge in [0.15, 0.2) is 0 Å². The Hall–Kier alpha value is -1.13. The summed E-state index contributed by atoms with van der Waals surface area (Å²) in [6.07, 6.45) is 1.87. The van der Waals surface area contributed by atoms with Crippen molar-refractivity contribution in [2.24, 2.45) is 12.8 Å². The van der Waals surface area contributed by atoms with Crippen molar-refractivity contribution in [2.45, 2.75) is 13.5 Å². The molecule has 0 spiro atoms. The molecule has 1 aromatic heterocycles.